The standard InChI is InChI=1S/C16H21NO8/c1-8(18)25-17-12-13(19)14-11(23-15(12)20)7-22-16(24-14)9-3-5-10(21-2)6-4-9/h3-6,11-17,19-20H,7H2,1-2H3. The van der Waals surface area contributed by atoms with Crippen molar-refractivity contribution in [3.63, 3.8) is 0 Å². The van der Waals surface area contributed by atoms with Gasteiger partial charge < -0.3 is 34.0 Å². The van der Waals surface area contributed by atoms with Crippen molar-refractivity contribution >= 4 is 5.97 Å². The molecule has 0 radical (unpaired) electrons. The third-order valence-electron chi connectivity index (χ3n) is 4.11. The van der Waals surface area contributed by atoms with Gasteiger partial charge in [-0.2, -0.15) is 0 Å². The van der Waals surface area contributed by atoms with E-state index in [1.807, 2.05) is 0 Å². The lowest BCUT2D eigenvalue weighted by Gasteiger charge is -2.46. The van der Waals surface area contributed by atoms with Gasteiger partial charge in [-0.1, -0.05) is 12.1 Å². The van der Waals surface area contributed by atoms with Gasteiger partial charge in [-0.05, 0) is 12.1 Å². The van der Waals surface area contributed by atoms with E-state index in [1.165, 1.54) is 6.92 Å². The van der Waals surface area contributed by atoms with Gasteiger partial charge in [0.1, 0.15) is 30.1 Å². The molecule has 0 amide bonds. The second-order valence-corrected chi connectivity index (χ2v) is 5.83. The van der Waals surface area contributed by atoms with Crippen molar-refractivity contribution in [2.24, 2.45) is 0 Å². The zero-order valence-electron chi connectivity index (χ0n) is 13.8. The van der Waals surface area contributed by atoms with Gasteiger partial charge >= 0.3 is 5.97 Å². The fraction of sp³-hybridized carbons (Fsp3) is 0.562. The third-order valence-corrected chi connectivity index (χ3v) is 4.11. The van der Waals surface area contributed by atoms with Crippen LogP contribution in [0.1, 0.15) is 18.8 Å². The molecule has 25 heavy (non-hydrogen) atoms. The molecule has 0 aliphatic carbocycles. The molecule has 2 heterocycles. The van der Waals surface area contributed by atoms with E-state index in [0.717, 1.165) is 5.56 Å². The van der Waals surface area contributed by atoms with Gasteiger partial charge in [-0.3, -0.25) is 4.79 Å². The number of methoxy groups -OCH3 is 1. The van der Waals surface area contributed by atoms with Crippen LogP contribution in [0.5, 0.6) is 5.75 Å². The molecule has 3 rings (SSSR count). The summed E-state index contributed by atoms with van der Waals surface area (Å²) in [7, 11) is 1.57. The number of rotatable bonds is 4. The predicted octanol–water partition coefficient (Wildman–Crippen LogP) is -0.376. The molecule has 6 atom stereocenters. The van der Waals surface area contributed by atoms with Crippen LogP contribution >= 0.6 is 0 Å². The Morgan fingerprint density at radius 1 is 1.24 bits per heavy atom. The summed E-state index contributed by atoms with van der Waals surface area (Å²) in [5.41, 5.74) is 3.06. The second kappa shape index (κ2) is 7.65. The van der Waals surface area contributed by atoms with Gasteiger partial charge in [0.05, 0.1) is 13.7 Å². The maximum Gasteiger partial charge on any atom is 0.321 e. The molecule has 2 aliphatic heterocycles. The Balaban J connectivity index is 1.69. The van der Waals surface area contributed by atoms with Gasteiger partial charge in [-0.25, -0.2) is 0 Å². The third kappa shape index (κ3) is 3.92. The fourth-order valence-electron chi connectivity index (χ4n) is 2.82. The van der Waals surface area contributed by atoms with Gasteiger partial charge in [0, 0.05) is 12.5 Å². The number of benzene rings is 1. The summed E-state index contributed by atoms with van der Waals surface area (Å²) >= 11 is 0. The first-order chi connectivity index (χ1) is 12.0. The maximum absolute atomic E-state index is 10.9. The first kappa shape index (κ1) is 18.1. The molecule has 138 valence electrons. The minimum atomic E-state index is -1.37. The Hall–Kier alpha value is -1.75. The lowest BCUT2D eigenvalue weighted by atomic mass is 9.96. The van der Waals surface area contributed by atoms with Crippen molar-refractivity contribution in [3.05, 3.63) is 29.8 Å². The summed E-state index contributed by atoms with van der Waals surface area (Å²) in [5, 5.41) is 20.5. The van der Waals surface area contributed by atoms with Gasteiger partial charge in [0.2, 0.25) is 0 Å². The summed E-state index contributed by atoms with van der Waals surface area (Å²) in [5.74, 6) is 0.0952. The highest BCUT2D eigenvalue weighted by Crippen LogP contribution is 2.34. The molecule has 6 unspecified atom stereocenters. The van der Waals surface area contributed by atoms with Crippen molar-refractivity contribution in [1.29, 1.82) is 0 Å². The van der Waals surface area contributed by atoms with Crippen LogP contribution in [-0.4, -0.2) is 60.5 Å². The molecule has 1 aromatic carbocycles. The van der Waals surface area contributed by atoms with Crippen molar-refractivity contribution in [1.82, 2.24) is 5.48 Å². The number of carbonyl (C=O) groups excluding carboxylic acids is 1. The molecule has 0 spiro atoms. The van der Waals surface area contributed by atoms with E-state index in [0.29, 0.717) is 5.75 Å². The second-order valence-electron chi connectivity index (χ2n) is 5.83. The lowest BCUT2D eigenvalue weighted by molar-refractivity contribution is -0.343. The van der Waals surface area contributed by atoms with Gasteiger partial charge in [0.25, 0.3) is 0 Å². The van der Waals surface area contributed by atoms with E-state index in [-0.39, 0.29) is 6.61 Å². The summed E-state index contributed by atoms with van der Waals surface area (Å²) in [6.07, 6.45) is -4.65. The number of aliphatic hydroxyl groups excluding tert-OH is 2. The lowest BCUT2D eigenvalue weighted by Crippen LogP contribution is -2.65. The Labute approximate surface area is 144 Å². The van der Waals surface area contributed by atoms with E-state index >= 15 is 0 Å². The highest BCUT2D eigenvalue weighted by Gasteiger charge is 2.49. The summed E-state index contributed by atoms with van der Waals surface area (Å²) in [6, 6.07) is 6.10. The first-order valence-corrected chi connectivity index (χ1v) is 7.85. The number of aliphatic hydroxyl groups is 2. The average Bonchev–Trinajstić information content (AvgIpc) is 2.61. The number of ether oxygens (including phenoxy) is 4. The summed E-state index contributed by atoms with van der Waals surface area (Å²) in [6.45, 7) is 1.33. The Bertz CT molecular complexity index is 594. The molecule has 2 fully saturated rings. The first-order valence-electron chi connectivity index (χ1n) is 7.85. The van der Waals surface area contributed by atoms with Crippen LogP contribution in [-0.2, 0) is 23.8 Å². The molecular weight excluding hydrogens is 334 g/mol. The van der Waals surface area contributed by atoms with E-state index in [9.17, 15) is 15.0 Å². The molecule has 2 aliphatic rings. The molecule has 1 aromatic rings. The minimum Gasteiger partial charge on any atom is -0.497 e. The minimum absolute atomic E-state index is 0.135. The molecular formula is C16H21NO8. The van der Waals surface area contributed by atoms with Crippen molar-refractivity contribution < 1.29 is 38.8 Å². The molecule has 3 N–H and O–H groups in total. The quantitative estimate of drug-likeness (QED) is 0.622. The van der Waals surface area contributed by atoms with E-state index in [1.54, 1.807) is 31.4 Å². The summed E-state index contributed by atoms with van der Waals surface area (Å²) in [4.78, 5) is 15.6. The van der Waals surface area contributed by atoms with Crippen LogP contribution < -0.4 is 10.2 Å². The highest BCUT2D eigenvalue weighted by atomic mass is 16.7. The smallest absolute Gasteiger partial charge is 0.321 e. The summed E-state index contributed by atoms with van der Waals surface area (Å²) < 4.78 is 21.9. The molecule has 0 aromatic heterocycles. The SMILES string of the molecule is COc1ccc(C2OCC3OC(O)C(NOC(C)=O)C(O)C3O2)cc1. The average molecular weight is 355 g/mol. The molecule has 9 nitrogen and oxygen atoms in total. The Morgan fingerprint density at radius 2 is 1.96 bits per heavy atom. The number of fused-ring (bicyclic) bond motifs is 1. The van der Waals surface area contributed by atoms with Crippen molar-refractivity contribution in [3.8, 4) is 5.75 Å². The van der Waals surface area contributed by atoms with Gasteiger partial charge in [0.15, 0.2) is 12.6 Å². The van der Waals surface area contributed by atoms with Crippen molar-refractivity contribution in [2.75, 3.05) is 13.7 Å². The highest BCUT2D eigenvalue weighted by molar-refractivity contribution is 5.65. The fourth-order valence-corrected chi connectivity index (χ4v) is 2.82. The normalized spacial score (nSPS) is 34.9. The largest absolute Gasteiger partial charge is 0.497 e. The van der Waals surface area contributed by atoms with Gasteiger partial charge in [-0.15, -0.1) is 5.48 Å². The number of hydroxylamine groups is 1. The van der Waals surface area contributed by atoms with E-state index in [2.05, 4.69) is 10.3 Å². The van der Waals surface area contributed by atoms with E-state index < -0.39 is 42.9 Å². The Kier molecular flexibility index (Phi) is 5.52. The maximum atomic E-state index is 10.9. The van der Waals surface area contributed by atoms with Crippen molar-refractivity contribution in [2.45, 2.75) is 43.9 Å². The predicted molar refractivity (Wildman–Crippen MR) is 82.1 cm³/mol. The zero-order chi connectivity index (χ0) is 18.0. The molecule has 2 saturated heterocycles. The number of nitrogens with one attached hydrogen (secondary N) is 1. The van der Waals surface area contributed by atoms with Crippen LogP contribution in [0, 0.1) is 0 Å². The van der Waals surface area contributed by atoms with Crippen LogP contribution in [0.4, 0.5) is 0 Å². The number of hydrogen-bond donors (Lipinski definition) is 3. The van der Waals surface area contributed by atoms with Crippen LogP contribution in [0.25, 0.3) is 0 Å². The number of hydrogen-bond acceptors (Lipinski definition) is 9. The van der Waals surface area contributed by atoms with E-state index in [4.69, 9.17) is 18.9 Å². The van der Waals surface area contributed by atoms with Crippen LogP contribution in [0.2, 0.25) is 0 Å². The number of carbonyl (C=O) groups is 1. The topological polar surface area (TPSA) is 116 Å². The molecule has 0 saturated carbocycles. The molecule has 9 heteroatoms. The molecule has 0 bridgehead atoms. The monoisotopic (exact) mass is 355 g/mol. The Morgan fingerprint density at radius 3 is 2.60 bits per heavy atom. The van der Waals surface area contributed by atoms with Crippen LogP contribution in [0.3, 0.4) is 0 Å². The zero-order valence-corrected chi connectivity index (χ0v) is 13.8. The van der Waals surface area contributed by atoms with Crippen LogP contribution in [0.15, 0.2) is 24.3 Å².